The summed E-state index contributed by atoms with van der Waals surface area (Å²) >= 11 is 0. The molecule has 0 heterocycles. The molecule has 2 N–H and O–H groups in total. The highest BCUT2D eigenvalue weighted by Gasteiger charge is 2.15. The first kappa shape index (κ1) is 13.9. The Hall–Kier alpha value is -1.55. The highest BCUT2D eigenvalue weighted by molar-refractivity contribution is 5.77. The molecule has 0 aromatic heterocycles. The average Bonchev–Trinajstić information content (AvgIpc) is 2.47. The lowest BCUT2D eigenvalue weighted by Crippen LogP contribution is -2.38. The maximum absolute atomic E-state index is 11.7. The van der Waals surface area contributed by atoms with Crippen LogP contribution >= 0.6 is 0 Å². The Morgan fingerprint density at radius 3 is 2.53 bits per heavy atom. The van der Waals surface area contributed by atoms with Crippen LogP contribution in [0.1, 0.15) is 37.7 Å². The Morgan fingerprint density at radius 2 is 1.89 bits per heavy atom. The van der Waals surface area contributed by atoms with Crippen molar-refractivity contribution in [2.75, 3.05) is 6.61 Å². The number of amides is 1. The number of ether oxygens (including phenoxy) is 1. The van der Waals surface area contributed by atoms with Crippen LogP contribution in [0.4, 0.5) is 0 Å². The van der Waals surface area contributed by atoms with Crippen molar-refractivity contribution in [3.63, 3.8) is 0 Å². The molecule has 0 unspecified atom stereocenters. The summed E-state index contributed by atoms with van der Waals surface area (Å²) in [6, 6.07) is 7.42. The normalized spacial score (nSPS) is 16.1. The van der Waals surface area contributed by atoms with Crippen molar-refractivity contribution in [2.45, 2.75) is 44.8 Å². The van der Waals surface area contributed by atoms with Crippen molar-refractivity contribution in [3.05, 3.63) is 29.8 Å². The molecule has 0 atom stereocenters. The number of aliphatic hydroxyl groups is 1. The van der Waals surface area contributed by atoms with E-state index in [9.17, 15) is 4.79 Å². The van der Waals surface area contributed by atoms with Crippen LogP contribution in [0.25, 0.3) is 0 Å². The van der Waals surface area contributed by atoms with E-state index in [4.69, 9.17) is 9.84 Å². The lowest BCUT2D eigenvalue weighted by molar-refractivity contribution is -0.124. The maximum Gasteiger partial charge on any atom is 0.258 e. The van der Waals surface area contributed by atoms with Gasteiger partial charge < -0.3 is 15.2 Å². The summed E-state index contributed by atoms with van der Waals surface area (Å²) < 4.78 is 5.42. The zero-order chi connectivity index (χ0) is 13.5. The van der Waals surface area contributed by atoms with Gasteiger partial charge in [-0.25, -0.2) is 0 Å². The first-order valence-corrected chi connectivity index (χ1v) is 6.90. The number of carbonyl (C=O) groups is 1. The maximum atomic E-state index is 11.7. The summed E-state index contributed by atoms with van der Waals surface area (Å²) in [6.07, 6.45) is 5.84. The molecule has 1 aliphatic carbocycles. The van der Waals surface area contributed by atoms with Gasteiger partial charge in [0, 0.05) is 6.04 Å². The van der Waals surface area contributed by atoms with Crippen LogP contribution in [0.2, 0.25) is 0 Å². The van der Waals surface area contributed by atoms with Gasteiger partial charge in [0.1, 0.15) is 5.75 Å². The van der Waals surface area contributed by atoms with E-state index in [1.165, 1.54) is 19.3 Å². The Balaban J connectivity index is 1.72. The van der Waals surface area contributed by atoms with Crippen molar-refractivity contribution >= 4 is 5.91 Å². The zero-order valence-corrected chi connectivity index (χ0v) is 11.1. The summed E-state index contributed by atoms with van der Waals surface area (Å²) in [4.78, 5) is 11.7. The van der Waals surface area contributed by atoms with Gasteiger partial charge in [0.05, 0.1) is 6.61 Å². The van der Waals surface area contributed by atoms with Gasteiger partial charge in [0.15, 0.2) is 6.61 Å². The molecule has 2 rings (SSSR count). The molecule has 1 aliphatic rings. The molecule has 0 aliphatic heterocycles. The molecule has 4 nitrogen and oxygen atoms in total. The molecule has 0 spiro atoms. The third-order valence-corrected chi connectivity index (χ3v) is 3.45. The molecule has 1 saturated carbocycles. The predicted molar refractivity (Wildman–Crippen MR) is 72.9 cm³/mol. The van der Waals surface area contributed by atoms with Crippen molar-refractivity contribution in [1.29, 1.82) is 0 Å². The average molecular weight is 263 g/mol. The molecule has 1 aromatic carbocycles. The SMILES string of the molecule is O=C(COc1ccc(CO)cc1)NC1CCCCC1. The summed E-state index contributed by atoms with van der Waals surface area (Å²) in [5.41, 5.74) is 0.832. The van der Waals surface area contributed by atoms with Gasteiger partial charge >= 0.3 is 0 Å². The number of benzene rings is 1. The fourth-order valence-corrected chi connectivity index (χ4v) is 2.36. The van der Waals surface area contributed by atoms with E-state index in [1.807, 2.05) is 0 Å². The van der Waals surface area contributed by atoms with Gasteiger partial charge in [-0.1, -0.05) is 31.4 Å². The third kappa shape index (κ3) is 4.56. The molecule has 1 aromatic rings. The number of hydrogen-bond acceptors (Lipinski definition) is 3. The smallest absolute Gasteiger partial charge is 0.258 e. The monoisotopic (exact) mass is 263 g/mol. The summed E-state index contributed by atoms with van der Waals surface area (Å²) in [5, 5.41) is 11.9. The number of aliphatic hydroxyl groups excluding tert-OH is 1. The number of nitrogens with one attached hydrogen (secondary N) is 1. The molecular formula is C15H21NO3. The van der Waals surface area contributed by atoms with E-state index in [0.29, 0.717) is 11.8 Å². The standard InChI is InChI=1S/C15H21NO3/c17-10-12-6-8-14(9-7-12)19-11-15(18)16-13-4-2-1-3-5-13/h6-9,13,17H,1-5,10-11H2,(H,16,18). The van der Waals surface area contributed by atoms with Gasteiger partial charge in [-0.3, -0.25) is 4.79 Å². The molecule has 1 amide bonds. The highest BCUT2D eigenvalue weighted by Crippen LogP contribution is 2.17. The van der Waals surface area contributed by atoms with Crippen LogP contribution in [-0.4, -0.2) is 23.7 Å². The zero-order valence-electron chi connectivity index (χ0n) is 11.1. The largest absolute Gasteiger partial charge is 0.484 e. The van der Waals surface area contributed by atoms with Crippen LogP contribution in [0, 0.1) is 0 Å². The van der Waals surface area contributed by atoms with E-state index in [2.05, 4.69) is 5.32 Å². The van der Waals surface area contributed by atoms with Crippen LogP contribution in [0.15, 0.2) is 24.3 Å². The molecular weight excluding hydrogens is 242 g/mol. The molecule has 0 radical (unpaired) electrons. The van der Waals surface area contributed by atoms with Crippen molar-refractivity contribution in [3.8, 4) is 5.75 Å². The minimum atomic E-state index is -0.0573. The summed E-state index contributed by atoms with van der Waals surface area (Å²) in [6.45, 7) is 0.0669. The second kappa shape index (κ2) is 7.14. The molecule has 104 valence electrons. The quantitative estimate of drug-likeness (QED) is 0.854. The first-order valence-electron chi connectivity index (χ1n) is 6.90. The van der Waals surface area contributed by atoms with Crippen LogP contribution < -0.4 is 10.1 Å². The van der Waals surface area contributed by atoms with Crippen molar-refractivity contribution < 1.29 is 14.6 Å². The Labute approximate surface area is 113 Å². The van der Waals surface area contributed by atoms with Crippen LogP contribution in [0.5, 0.6) is 5.75 Å². The van der Waals surface area contributed by atoms with Gasteiger partial charge in [0.2, 0.25) is 0 Å². The number of hydrogen-bond donors (Lipinski definition) is 2. The third-order valence-electron chi connectivity index (χ3n) is 3.45. The number of carbonyl (C=O) groups excluding carboxylic acids is 1. The predicted octanol–water partition coefficient (Wildman–Crippen LogP) is 2.01. The molecule has 0 bridgehead atoms. The van der Waals surface area contributed by atoms with Gasteiger partial charge in [-0.15, -0.1) is 0 Å². The summed E-state index contributed by atoms with van der Waals surface area (Å²) in [5.74, 6) is 0.592. The molecule has 19 heavy (non-hydrogen) atoms. The van der Waals surface area contributed by atoms with Gasteiger partial charge in [0.25, 0.3) is 5.91 Å². The van der Waals surface area contributed by atoms with E-state index in [1.54, 1.807) is 24.3 Å². The lowest BCUT2D eigenvalue weighted by Gasteiger charge is -2.22. The Bertz CT molecular complexity index is 396. The van der Waals surface area contributed by atoms with Gasteiger partial charge in [-0.2, -0.15) is 0 Å². The van der Waals surface area contributed by atoms with E-state index in [0.717, 1.165) is 18.4 Å². The first-order chi connectivity index (χ1) is 9.28. The molecule has 0 saturated heterocycles. The van der Waals surface area contributed by atoms with Gasteiger partial charge in [-0.05, 0) is 30.5 Å². The van der Waals surface area contributed by atoms with E-state index >= 15 is 0 Å². The van der Waals surface area contributed by atoms with E-state index in [-0.39, 0.29) is 19.1 Å². The molecule has 4 heteroatoms. The lowest BCUT2D eigenvalue weighted by atomic mass is 9.95. The van der Waals surface area contributed by atoms with Crippen LogP contribution in [-0.2, 0) is 11.4 Å². The second-order valence-corrected chi connectivity index (χ2v) is 4.99. The Morgan fingerprint density at radius 1 is 1.21 bits per heavy atom. The van der Waals surface area contributed by atoms with Crippen molar-refractivity contribution in [2.24, 2.45) is 0 Å². The van der Waals surface area contributed by atoms with E-state index < -0.39 is 0 Å². The number of rotatable bonds is 5. The minimum Gasteiger partial charge on any atom is -0.484 e. The Kier molecular flexibility index (Phi) is 5.21. The van der Waals surface area contributed by atoms with Crippen LogP contribution in [0.3, 0.4) is 0 Å². The highest BCUT2D eigenvalue weighted by atomic mass is 16.5. The van der Waals surface area contributed by atoms with Crippen molar-refractivity contribution in [1.82, 2.24) is 5.32 Å². The topological polar surface area (TPSA) is 58.6 Å². The second-order valence-electron chi connectivity index (χ2n) is 4.99. The molecule has 1 fully saturated rings. The fraction of sp³-hybridized carbons (Fsp3) is 0.533. The fourth-order valence-electron chi connectivity index (χ4n) is 2.36. The summed E-state index contributed by atoms with van der Waals surface area (Å²) in [7, 11) is 0. The minimum absolute atomic E-state index is 0.0163.